The molecule has 0 aromatic heterocycles. The van der Waals surface area contributed by atoms with Crippen LogP contribution in [0, 0.1) is 12.3 Å². The van der Waals surface area contributed by atoms with E-state index >= 15 is 0 Å². The second kappa shape index (κ2) is 4.72. The summed E-state index contributed by atoms with van der Waals surface area (Å²) in [5.41, 5.74) is 0.149. The molecule has 0 amide bonds. The highest BCUT2D eigenvalue weighted by Crippen LogP contribution is 2.31. The van der Waals surface area contributed by atoms with Crippen LogP contribution in [0.4, 0.5) is 0 Å². The van der Waals surface area contributed by atoms with E-state index in [1.165, 1.54) is 26.2 Å². The van der Waals surface area contributed by atoms with Crippen LogP contribution in [0.5, 0.6) is 0 Å². The third kappa shape index (κ3) is 2.09. The van der Waals surface area contributed by atoms with Crippen molar-refractivity contribution >= 4 is 0 Å². The Bertz CT molecular complexity index is 271. The monoisotopic (exact) mass is 219 g/mol. The van der Waals surface area contributed by atoms with Gasteiger partial charge in [0.2, 0.25) is 0 Å². The zero-order valence-corrected chi connectivity index (χ0v) is 10.7. The molecule has 2 nitrogen and oxygen atoms in total. The molecule has 16 heavy (non-hydrogen) atoms. The van der Waals surface area contributed by atoms with Gasteiger partial charge in [0, 0.05) is 32.6 Å². The highest BCUT2D eigenvalue weighted by molar-refractivity contribution is 5.31. The van der Waals surface area contributed by atoms with E-state index in [4.69, 9.17) is 0 Å². The molecule has 2 heteroatoms. The van der Waals surface area contributed by atoms with Crippen LogP contribution in [-0.2, 0) is 0 Å². The molecule has 0 aromatic rings. The van der Waals surface area contributed by atoms with E-state index in [0.29, 0.717) is 5.92 Å². The molecule has 1 heterocycles. The van der Waals surface area contributed by atoms with Crippen LogP contribution < -0.4 is 0 Å². The molecule has 1 aliphatic carbocycles. The van der Waals surface area contributed by atoms with Crippen molar-refractivity contribution in [3.63, 3.8) is 0 Å². The molecule has 1 fully saturated rings. The highest BCUT2D eigenvalue weighted by Gasteiger charge is 2.36. The van der Waals surface area contributed by atoms with E-state index in [2.05, 4.69) is 61.4 Å². The molecule has 0 aromatic carbocycles. The van der Waals surface area contributed by atoms with Crippen molar-refractivity contribution in [2.45, 2.75) is 19.4 Å². The van der Waals surface area contributed by atoms with Gasteiger partial charge in [0.1, 0.15) is 0 Å². The SMILES string of the molecule is CC(C)C1(N2CCN(C)CC2)C=C[CH]C=C1. The standard InChI is InChI=1S/C14H23N2/c1-13(2)14(7-5-4-6-8-14)16-11-9-15(3)10-12-16/h4-8,13H,9-12H2,1-3H3. The molecular formula is C14H23N2. The average molecular weight is 219 g/mol. The van der Waals surface area contributed by atoms with Gasteiger partial charge < -0.3 is 4.90 Å². The van der Waals surface area contributed by atoms with E-state index in [1.54, 1.807) is 0 Å². The van der Waals surface area contributed by atoms with E-state index in [0.717, 1.165) is 0 Å². The van der Waals surface area contributed by atoms with Gasteiger partial charge in [-0.05, 0) is 13.0 Å². The van der Waals surface area contributed by atoms with Gasteiger partial charge in [0.05, 0.1) is 5.54 Å². The second-order valence-corrected chi connectivity index (χ2v) is 5.24. The number of rotatable bonds is 2. The van der Waals surface area contributed by atoms with Crippen LogP contribution in [0.2, 0.25) is 0 Å². The molecule has 0 bridgehead atoms. The summed E-state index contributed by atoms with van der Waals surface area (Å²) in [4.78, 5) is 5.03. The maximum atomic E-state index is 2.62. The Balaban J connectivity index is 2.16. The highest BCUT2D eigenvalue weighted by atomic mass is 15.3. The fourth-order valence-electron chi connectivity index (χ4n) is 2.69. The number of hydrogen-bond donors (Lipinski definition) is 0. The summed E-state index contributed by atoms with van der Waals surface area (Å²) >= 11 is 0. The number of hydrogen-bond acceptors (Lipinski definition) is 2. The van der Waals surface area contributed by atoms with Crippen LogP contribution in [0.25, 0.3) is 0 Å². The summed E-state index contributed by atoms with van der Waals surface area (Å²) in [5.74, 6) is 0.622. The smallest absolute Gasteiger partial charge is 0.0599 e. The van der Waals surface area contributed by atoms with Crippen molar-refractivity contribution in [2.24, 2.45) is 5.92 Å². The van der Waals surface area contributed by atoms with Gasteiger partial charge in [-0.2, -0.15) is 0 Å². The van der Waals surface area contributed by atoms with E-state index in [-0.39, 0.29) is 5.54 Å². The molecule has 0 unspecified atom stereocenters. The van der Waals surface area contributed by atoms with Gasteiger partial charge in [-0.25, -0.2) is 0 Å². The van der Waals surface area contributed by atoms with Crippen LogP contribution in [0.1, 0.15) is 13.8 Å². The quantitative estimate of drug-likeness (QED) is 0.700. The van der Waals surface area contributed by atoms with E-state index < -0.39 is 0 Å². The lowest BCUT2D eigenvalue weighted by Gasteiger charge is -2.47. The Hall–Kier alpha value is -0.600. The molecule has 0 saturated carbocycles. The first-order valence-electron chi connectivity index (χ1n) is 6.29. The molecule has 2 aliphatic rings. The Morgan fingerprint density at radius 1 is 1.00 bits per heavy atom. The number of allylic oxidation sites excluding steroid dienone is 2. The lowest BCUT2D eigenvalue weighted by molar-refractivity contribution is 0.0690. The Labute approximate surface area is 99.6 Å². The summed E-state index contributed by atoms with van der Waals surface area (Å²) in [6.45, 7) is 9.34. The zero-order chi connectivity index (χ0) is 11.6. The van der Waals surface area contributed by atoms with Gasteiger partial charge in [0.15, 0.2) is 0 Å². The molecule has 1 radical (unpaired) electrons. The van der Waals surface area contributed by atoms with Gasteiger partial charge in [-0.15, -0.1) is 0 Å². The van der Waals surface area contributed by atoms with Gasteiger partial charge >= 0.3 is 0 Å². The van der Waals surface area contributed by atoms with Gasteiger partial charge in [-0.3, -0.25) is 4.90 Å². The Morgan fingerprint density at radius 3 is 2.06 bits per heavy atom. The van der Waals surface area contributed by atoms with Crippen molar-refractivity contribution < 1.29 is 0 Å². The van der Waals surface area contributed by atoms with Crippen LogP contribution in [0.3, 0.4) is 0 Å². The Kier molecular flexibility index (Phi) is 3.50. The first-order valence-corrected chi connectivity index (χ1v) is 6.29. The molecule has 0 N–H and O–H groups in total. The third-order valence-electron chi connectivity index (χ3n) is 3.92. The van der Waals surface area contributed by atoms with E-state index in [1.807, 2.05) is 0 Å². The average Bonchev–Trinajstić information content (AvgIpc) is 2.30. The zero-order valence-electron chi connectivity index (χ0n) is 10.7. The van der Waals surface area contributed by atoms with Gasteiger partial charge in [-0.1, -0.05) is 38.2 Å². The molecule has 0 spiro atoms. The van der Waals surface area contributed by atoms with Gasteiger partial charge in [0.25, 0.3) is 0 Å². The third-order valence-corrected chi connectivity index (χ3v) is 3.92. The minimum atomic E-state index is 0.149. The summed E-state index contributed by atoms with van der Waals surface area (Å²) < 4.78 is 0. The van der Waals surface area contributed by atoms with E-state index in [9.17, 15) is 0 Å². The largest absolute Gasteiger partial charge is 0.304 e. The molecular weight excluding hydrogens is 196 g/mol. The number of likely N-dealkylation sites (N-methyl/N-ethyl adjacent to an activating group) is 1. The summed E-state index contributed by atoms with van der Waals surface area (Å²) in [7, 11) is 2.21. The predicted octanol–water partition coefficient (Wildman–Crippen LogP) is 1.96. The second-order valence-electron chi connectivity index (χ2n) is 5.24. The first kappa shape index (κ1) is 11.9. The van der Waals surface area contributed by atoms with Crippen molar-refractivity contribution in [1.82, 2.24) is 9.80 Å². The molecule has 2 rings (SSSR count). The van der Waals surface area contributed by atoms with Crippen LogP contribution >= 0.6 is 0 Å². The fourth-order valence-corrected chi connectivity index (χ4v) is 2.69. The lowest BCUT2D eigenvalue weighted by Crippen LogP contribution is -2.57. The predicted molar refractivity (Wildman–Crippen MR) is 69.2 cm³/mol. The summed E-state index contributed by atoms with van der Waals surface area (Å²) in [5, 5.41) is 0. The normalized spacial score (nSPS) is 26.5. The summed E-state index contributed by atoms with van der Waals surface area (Å²) in [6.07, 6.45) is 11.2. The molecule has 1 saturated heterocycles. The maximum Gasteiger partial charge on any atom is 0.0599 e. The first-order chi connectivity index (χ1) is 7.65. The lowest BCUT2D eigenvalue weighted by atomic mass is 9.81. The van der Waals surface area contributed by atoms with Crippen molar-refractivity contribution in [3.05, 3.63) is 30.7 Å². The summed E-state index contributed by atoms with van der Waals surface area (Å²) in [6, 6.07) is 0. The van der Waals surface area contributed by atoms with Crippen molar-refractivity contribution in [3.8, 4) is 0 Å². The number of nitrogens with zero attached hydrogens (tertiary/aromatic N) is 2. The van der Waals surface area contributed by atoms with Crippen molar-refractivity contribution in [2.75, 3.05) is 33.2 Å². The van der Waals surface area contributed by atoms with Crippen molar-refractivity contribution in [1.29, 1.82) is 0 Å². The van der Waals surface area contributed by atoms with Crippen LogP contribution in [-0.4, -0.2) is 48.6 Å². The molecule has 0 atom stereocenters. The topological polar surface area (TPSA) is 6.48 Å². The minimum absolute atomic E-state index is 0.149. The van der Waals surface area contributed by atoms with Crippen LogP contribution in [0.15, 0.2) is 24.3 Å². The minimum Gasteiger partial charge on any atom is -0.304 e. The Morgan fingerprint density at radius 2 is 1.56 bits per heavy atom. The molecule has 1 aliphatic heterocycles. The molecule has 89 valence electrons. The fraction of sp³-hybridized carbons (Fsp3) is 0.643. The maximum absolute atomic E-state index is 2.62. The number of piperazine rings is 1.